The van der Waals surface area contributed by atoms with Crippen molar-refractivity contribution in [3.8, 4) is 0 Å². The number of rotatable bonds is 5. The third-order valence-corrected chi connectivity index (χ3v) is 7.19. The lowest BCUT2D eigenvalue weighted by Crippen LogP contribution is -2.48. The summed E-state index contributed by atoms with van der Waals surface area (Å²) in [4.78, 5) is 39.7. The molecule has 1 aromatic carbocycles. The maximum absolute atomic E-state index is 12.8. The van der Waals surface area contributed by atoms with Gasteiger partial charge in [-0.05, 0) is 56.6 Å². The molecule has 6 nitrogen and oxygen atoms in total. The molecule has 0 radical (unpaired) electrons. The van der Waals surface area contributed by atoms with Gasteiger partial charge in [-0.1, -0.05) is 44.9 Å². The maximum atomic E-state index is 12.8. The van der Waals surface area contributed by atoms with Gasteiger partial charge < -0.3 is 15.0 Å². The maximum Gasteiger partial charge on any atom is 0.309 e. The largest absolute Gasteiger partial charge is 0.452 e. The number of carbonyl (C=O) groups excluding carboxylic acids is 3. The van der Waals surface area contributed by atoms with Gasteiger partial charge in [-0.2, -0.15) is 0 Å². The van der Waals surface area contributed by atoms with Crippen LogP contribution in [0.5, 0.6) is 0 Å². The zero-order valence-corrected chi connectivity index (χ0v) is 19.2. The average Bonchev–Trinajstić information content (AvgIpc) is 2.76. The highest BCUT2D eigenvalue weighted by atomic mass is 16.5. The van der Waals surface area contributed by atoms with Gasteiger partial charge in [0.2, 0.25) is 0 Å². The van der Waals surface area contributed by atoms with Gasteiger partial charge in [0.1, 0.15) is 0 Å². The van der Waals surface area contributed by atoms with Crippen LogP contribution in [0.3, 0.4) is 0 Å². The zero-order chi connectivity index (χ0) is 22.5. The molecule has 2 aliphatic rings. The number of hydrogen-bond donors (Lipinski definition) is 1. The summed E-state index contributed by atoms with van der Waals surface area (Å²) in [5.41, 5.74) is 1.66. The molecule has 1 saturated carbocycles. The topological polar surface area (TPSA) is 75.7 Å². The monoisotopic (exact) mass is 428 g/mol. The number of aryl methyl sites for hydroxylation is 1. The number of piperidine rings is 1. The van der Waals surface area contributed by atoms with Crippen LogP contribution >= 0.6 is 0 Å². The third kappa shape index (κ3) is 5.66. The molecule has 1 aliphatic heterocycles. The molecule has 170 valence electrons. The summed E-state index contributed by atoms with van der Waals surface area (Å²) < 4.78 is 5.50. The van der Waals surface area contributed by atoms with Crippen LogP contribution < -0.4 is 5.32 Å². The van der Waals surface area contributed by atoms with Crippen molar-refractivity contribution in [2.75, 3.05) is 13.1 Å². The number of nitrogens with zero attached hydrogens (tertiary/aromatic N) is 1. The first kappa shape index (κ1) is 23.3. The fourth-order valence-corrected chi connectivity index (χ4v) is 4.71. The van der Waals surface area contributed by atoms with E-state index in [2.05, 4.69) is 19.2 Å². The van der Waals surface area contributed by atoms with E-state index in [-0.39, 0.29) is 29.7 Å². The molecule has 4 atom stereocenters. The number of esters is 1. The van der Waals surface area contributed by atoms with Crippen LogP contribution in [0, 0.1) is 24.7 Å². The van der Waals surface area contributed by atoms with Gasteiger partial charge in [-0.3, -0.25) is 14.4 Å². The molecule has 1 aromatic rings. The van der Waals surface area contributed by atoms with E-state index in [4.69, 9.17) is 4.74 Å². The van der Waals surface area contributed by atoms with Crippen molar-refractivity contribution in [1.82, 2.24) is 10.2 Å². The molecule has 2 fully saturated rings. The van der Waals surface area contributed by atoms with Crippen molar-refractivity contribution >= 4 is 17.8 Å². The summed E-state index contributed by atoms with van der Waals surface area (Å²) in [7, 11) is 0. The number of benzene rings is 1. The van der Waals surface area contributed by atoms with Crippen molar-refractivity contribution in [2.24, 2.45) is 17.8 Å². The Hall–Kier alpha value is -2.37. The number of nitrogens with one attached hydrogen (secondary N) is 1. The van der Waals surface area contributed by atoms with Crippen LogP contribution in [0.4, 0.5) is 0 Å². The predicted molar refractivity (Wildman–Crippen MR) is 119 cm³/mol. The van der Waals surface area contributed by atoms with E-state index in [0.717, 1.165) is 18.4 Å². The molecule has 1 saturated heterocycles. The van der Waals surface area contributed by atoms with Crippen molar-refractivity contribution in [1.29, 1.82) is 0 Å². The summed E-state index contributed by atoms with van der Waals surface area (Å²) >= 11 is 0. The van der Waals surface area contributed by atoms with E-state index in [1.807, 2.05) is 31.2 Å². The van der Waals surface area contributed by atoms with Gasteiger partial charge in [0.05, 0.1) is 5.92 Å². The van der Waals surface area contributed by atoms with Crippen molar-refractivity contribution in [2.45, 2.75) is 71.9 Å². The van der Waals surface area contributed by atoms with Crippen molar-refractivity contribution < 1.29 is 19.1 Å². The van der Waals surface area contributed by atoms with Crippen LogP contribution in [-0.2, 0) is 14.3 Å². The Balaban J connectivity index is 1.46. The first-order chi connectivity index (χ1) is 14.8. The van der Waals surface area contributed by atoms with E-state index in [0.29, 0.717) is 43.3 Å². The molecular formula is C25H36N2O4. The van der Waals surface area contributed by atoms with Crippen molar-refractivity contribution in [3.63, 3.8) is 0 Å². The number of amides is 2. The van der Waals surface area contributed by atoms with Crippen LogP contribution in [0.1, 0.15) is 68.8 Å². The molecule has 0 aromatic heterocycles. The lowest BCUT2D eigenvalue weighted by molar-refractivity contribution is -0.160. The Kier molecular flexibility index (Phi) is 7.74. The Morgan fingerprint density at radius 1 is 1.06 bits per heavy atom. The van der Waals surface area contributed by atoms with Gasteiger partial charge >= 0.3 is 5.97 Å². The van der Waals surface area contributed by atoms with Gasteiger partial charge in [0, 0.05) is 24.7 Å². The average molecular weight is 429 g/mol. The fourth-order valence-electron chi connectivity index (χ4n) is 4.71. The molecule has 1 aliphatic carbocycles. The minimum absolute atomic E-state index is 0.00786. The number of likely N-dealkylation sites (tertiary alicyclic amines) is 1. The third-order valence-electron chi connectivity index (χ3n) is 7.19. The molecule has 0 spiro atoms. The predicted octanol–water partition coefficient (Wildman–Crippen LogP) is 3.72. The molecule has 1 heterocycles. The first-order valence-corrected chi connectivity index (χ1v) is 11.6. The molecule has 31 heavy (non-hydrogen) atoms. The van der Waals surface area contributed by atoms with E-state index in [9.17, 15) is 14.4 Å². The molecule has 1 N–H and O–H groups in total. The van der Waals surface area contributed by atoms with E-state index >= 15 is 0 Å². The van der Waals surface area contributed by atoms with Crippen LogP contribution in [0.2, 0.25) is 0 Å². The second-order valence-electron chi connectivity index (χ2n) is 9.34. The molecule has 4 unspecified atom stereocenters. The standard InChI is InChI=1S/C25H36N2O4/c1-16-9-7-11-22(18(16)3)26-23(28)19(4)31-25(30)20-12-14-27(15-13-20)24(29)21-10-6-5-8-17(21)2/h5-6,8,10,16,18-20,22H,7,9,11-15H2,1-4H3,(H,26,28). The Labute approximate surface area is 185 Å². The van der Waals surface area contributed by atoms with Crippen LogP contribution in [-0.4, -0.2) is 47.9 Å². The van der Waals surface area contributed by atoms with Crippen LogP contribution in [0.25, 0.3) is 0 Å². The summed E-state index contributed by atoms with van der Waals surface area (Å²) in [5, 5.41) is 3.08. The van der Waals surface area contributed by atoms with Gasteiger partial charge in [0.25, 0.3) is 11.8 Å². The van der Waals surface area contributed by atoms with Gasteiger partial charge in [0.15, 0.2) is 6.10 Å². The molecular weight excluding hydrogens is 392 g/mol. The highest BCUT2D eigenvalue weighted by Gasteiger charge is 2.33. The minimum Gasteiger partial charge on any atom is -0.452 e. The minimum atomic E-state index is -0.802. The number of carbonyl (C=O) groups is 3. The smallest absolute Gasteiger partial charge is 0.309 e. The summed E-state index contributed by atoms with van der Waals surface area (Å²) in [6.45, 7) is 9.01. The zero-order valence-electron chi connectivity index (χ0n) is 19.2. The van der Waals surface area contributed by atoms with Gasteiger partial charge in [-0.15, -0.1) is 0 Å². The molecule has 6 heteroatoms. The number of hydrogen-bond acceptors (Lipinski definition) is 4. The molecule has 0 bridgehead atoms. The second-order valence-corrected chi connectivity index (χ2v) is 9.34. The van der Waals surface area contributed by atoms with Crippen LogP contribution in [0.15, 0.2) is 24.3 Å². The Morgan fingerprint density at radius 3 is 2.42 bits per heavy atom. The summed E-state index contributed by atoms with van der Waals surface area (Å²) in [5.74, 6) is 0.195. The van der Waals surface area contributed by atoms with E-state index in [1.54, 1.807) is 11.8 Å². The highest BCUT2D eigenvalue weighted by molar-refractivity contribution is 5.95. The molecule has 2 amide bonds. The molecule has 3 rings (SSSR count). The summed E-state index contributed by atoms with van der Waals surface area (Å²) in [6.07, 6.45) is 3.60. The lowest BCUT2D eigenvalue weighted by atomic mass is 9.78. The Bertz CT molecular complexity index is 800. The number of ether oxygens (including phenoxy) is 1. The Morgan fingerprint density at radius 2 is 1.74 bits per heavy atom. The van der Waals surface area contributed by atoms with Gasteiger partial charge in [-0.25, -0.2) is 0 Å². The first-order valence-electron chi connectivity index (χ1n) is 11.6. The van der Waals surface area contributed by atoms with E-state index in [1.165, 1.54) is 6.42 Å². The highest BCUT2D eigenvalue weighted by Crippen LogP contribution is 2.29. The quantitative estimate of drug-likeness (QED) is 0.726. The lowest BCUT2D eigenvalue weighted by Gasteiger charge is -2.35. The normalized spacial score (nSPS) is 25.5. The summed E-state index contributed by atoms with van der Waals surface area (Å²) in [6, 6.07) is 7.70. The fraction of sp³-hybridized carbons (Fsp3) is 0.640. The van der Waals surface area contributed by atoms with E-state index < -0.39 is 6.10 Å². The SMILES string of the molecule is Cc1ccccc1C(=O)N1CCC(C(=O)OC(C)C(=O)NC2CCCC(C)C2C)CC1. The van der Waals surface area contributed by atoms with Crippen molar-refractivity contribution in [3.05, 3.63) is 35.4 Å². The second kappa shape index (κ2) is 10.3.